The Morgan fingerprint density at radius 3 is 2.22 bits per heavy atom. The van der Waals surface area contributed by atoms with E-state index < -0.39 is 24.3 Å². The number of imidazole rings is 2. The highest BCUT2D eigenvalue weighted by atomic mass is 16.5. The highest BCUT2D eigenvalue weighted by molar-refractivity contribution is 5.91. The molecule has 3 heterocycles. The summed E-state index contributed by atoms with van der Waals surface area (Å²) in [5.41, 5.74) is 5.72. The standard InChI is InChI=1S/C44H46N8O6/c1-6-33(49-42(55)57-4)40(53)51(26-44(3)18-19-44)25-38-45-23-36(47-38)32-17-16-30-21-29(14-15-31(30)22-32)27-10-12-28(13-11-27)35-24-46-39(48-35)37-9-8-20-52(37)41(54)34(7-2)50-43(56)58-5/h2,6,10-17,21-24,33-34,37H,1,8-9,18-20,25-26H2,3-5H3,(H,45,47)(H,46,48)(H,49,55)(H,50,56). The summed E-state index contributed by atoms with van der Waals surface area (Å²) in [4.78, 5) is 69.7. The predicted molar refractivity (Wildman–Crippen MR) is 219 cm³/mol. The van der Waals surface area contributed by atoms with Crippen molar-refractivity contribution in [2.45, 2.75) is 57.3 Å². The molecule has 3 aromatic carbocycles. The minimum Gasteiger partial charge on any atom is -0.453 e. The molecule has 4 N–H and O–H groups in total. The topological polar surface area (TPSA) is 175 Å². The summed E-state index contributed by atoms with van der Waals surface area (Å²) in [6, 6.07) is 18.5. The number of alkyl carbamates (subject to hydrolysis) is 2. The van der Waals surface area contributed by atoms with Gasteiger partial charge in [-0.3, -0.25) is 14.9 Å². The summed E-state index contributed by atoms with van der Waals surface area (Å²) >= 11 is 0. The van der Waals surface area contributed by atoms with E-state index in [1.54, 1.807) is 22.2 Å². The molecule has 2 aliphatic rings. The van der Waals surface area contributed by atoms with E-state index in [1.807, 2.05) is 18.2 Å². The highest BCUT2D eigenvalue weighted by Crippen LogP contribution is 2.45. The van der Waals surface area contributed by atoms with Gasteiger partial charge < -0.3 is 34.6 Å². The molecular formula is C44H46N8O6. The predicted octanol–water partition coefficient (Wildman–Crippen LogP) is 6.35. The van der Waals surface area contributed by atoms with Crippen LogP contribution in [0, 0.1) is 17.8 Å². The Morgan fingerprint density at radius 1 is 0.931 bits per heavy atom. The number of aromatic nitrogens is 4. The van der Waals surface area contributed by atoms with Gasteiger partial charge in [0, 0.05) is 18.7 Å². The first-order chi connectivity index (χ1) is 28.0. The molecule has 7 rings (SSSR count). The first-order valence-corrected chi connectivity index (χ1v) is 19.1. The number of nitrogens with zero attached hydrogens (tertiary/aromatic N) is 4. The van der Waals surface area contributed by atoms with Crippen molar-refractivity contribution in [1.82, 2.24) is 40.4 Å². The second-order valence-electron chi connectivity index (χ2n) is 15.1. The largest absolute Gasteiger partial charge is 0.453 e. The van der Waals surface area contributed by atoms with Gasteiger partial charge in [0.2, 0.25) is 5.91 Å². The number of hydrogen-bond donors (Lipinski definition) is 4. The molecule has 2 aromatic heterocycles. The molecule has 1 saturated heterocycles. The fourth-order valence-corrected chi connectivity index (χ4v) is 7.34. The number of aromatic amines is 2. The number of amides is 4. The van der Waals surface area contributed by atoms with Gasteiger partial charge >= 0.3 is 12.2 Å². The number of nitrogens with one attached hydrogen (secondary N) is 4. The Labute approximate surface area is 336 Å². The van der Waals surface area contributed by atoms with Crippen LogP contribution in [0.1, 0.15) is 50.3 Å². The molecule has 1 aliphatic carbocycles. The monoisotopic (exact) mass is 782 g/mol. The lowest BCUT2D eigenvalue weighted by molar-refractivity contribution is -0.134. The Kier molecular flexibility index (Phi) is 11.3. The van der Waals surface area contributed by atoms with Crippen molar-refractivity contribution in [2.24, 2.45) is 5.41 Å². The number of rotatable bonds is 13. The van der Waals surface area contributed by atoms with Gasteiger partial charge in [0.25, 0.3) is 5.91 Å². The van der Waals surface area contributed by atoms with Crippen LogP contribution in [0.4, 0.5) is 9.59 Å². The molecule has 1 saturated carbocycles. The molecule has 58 heavy (non-hydrogen) atoms. The van der Waals surface area contributed by atoms with Crippen LogP contribution in [-0.4, -0.2) is 93.1 Å². The van der Waals surface area contributed by atoms with E-state index in [0.717, 1.165) is 70.1 Å². The Bertz CT molecular complexity index is 2390. The molecule has 0 bridgehead atoms. The van der Waals surface area contributed by atoms with Crippen molar-refractivity contribution in [2.75, 3.05) is 27.3 Å². The number of terminal acetylenes is 1. The molecular weight excluding hydrogens is 737 g/mol. The molecule has 0 radical (unpaired) electrons. The van der Waals surface area contributed by atoms with E-state index in [9.17, 15) is 19.2 Å². The van der Waals surface area contributed by atoms with Crippen LogP contribution in [0.3, 0.4) is 0 Å². The van der Waals surface area contributed by atoms with E-state index >= 15 is 0 Å². The maximum atomic E-state index is 13.5. The van der Waals surface area contributed by atoms with Crippen LogP contribution in [0.25, 0.3) is 44.4 Å². The Morgan fingerprint density at radius 2 is 1.55 bits per heavy atom. The number of ether oxygens (including phenoxy) is 2. The van der Waals surface area contributed by atoms with Gasteiger partial charge in [-0.1, -0.05) is 67.5 Å². The van der Waals surface area contributed by atoms with Gasteiger partial charge in [0.05, 0.1) is 50.6 Å². The van der Waals surface area contributed by atoms with E-state index in [1.165, 1.54) is 20.3 Å². The average Bonchev–Trinajstić information content (AvgIpc) is 3.69. The van der Waals surface area contributed by atoms with Gasteiger partial charge in [0.1, 0.15) is 17.7 Å². The van der Waals surface area contributed by atoms with E-state index in [4.69, 9.17) is 11.2 Å². The lowest BCUT2D eigenvalue weighted by Crippen LogP contribution is -2.48. The number of fused-ring (bicyclic) bond motifs is 1. The lowest BCUT2D eigenvalue weighted by Gasteiger charge is -2.28. The SMILES string of the molecule is C#CC(NC(=O)OC)C(=O)N1CCCC1c1ncc(-c2ccc(-c3ccc4cc(-c5cnc(CN(CC6(C)CC6)C(=O)C(C=C)NC(=O)OC)[nH]5)ccc4c3)cc2)[nH]1. The third-order valence-corrected chi connectivity index (χ3v) is 10.9. The average molecular weight is 783 g/mol. The molecule has 14 heteroatoms. The van der Waals surface area contributed by atoms with Crippen molar-refractivity contribution < 1.29 is 28.7 Å². The second kappa shape index (κ2) is 16.7. The van der Waals surface area contributed by atoms with E-state index in [-0.39, 0.29) is 29.8 Å². The summed E-state index contributed by atoms with van der Waals surface area (Å²) in [5, 5.41) is 7.11. The van der Waals surface area contributed by atoms with Crippen molar-refractivity contribution in [3.05, 3.63) is 97.4 Å². The maximum absolute atomic E-state index is 13.5. The molecule has 0 spiro atoms. The third-order valence-electron chi connectivity index (χ3n) is 10.9. The Hall–Kier alpha value is -6.88. The van der Waals surface area contributed by atoms with Crippen LogP contribution in [0.15, 0.2) is 85.7 Å². The van der Waals surface area contributed by atoms with E-state index in [2.05, 4.69) is 97.2 Å². The molecule has 5 aromatic rings. The highest BCUT2D eigenvalue weighted by Gasteiger charge is 2.41. The van der Waals surface area contributed by atoms with Crippen LogP contribution >= 0.6 is 0 Å². The van der Waals surface area contributed by atoms with Gasteiger partial charge in [-0.2, -0.15) is 0 Å². The minimum atomic E-state index is -1.13. The van der Waals surface area contributed by atoms with Crippen LogP contribution in [0.2, 0.25) is 0 Å². The zero-order valence-corrected chi connectivity index (χ0v) is 32.7. The van der Waals surface area contributed by atoms with Gasteiger partial charge in [-0.05, 0) is 70.7 Å². The van der Waals surface area contributed by atoms with Crippen molar-refractivity contribution in [1.29, 1.82) is 0 Å². The second-order valence-corrected chi connectivity index (χ2v) is 15.1. The fraction of sp³-hybridized carbons (Fsp3) is 0.318. The molecule has 3 atom stereocenters. The summed E-state index contributed by atoms with van der Waals surface area (Å²) in [5.74, 6) is 3.00. The number of hydrogen-bond acceptors (Lipinski definition) is 8. The van der Waals surface area contributed by atoms with Crippen molar-refractivity contribution in [3.63, 3.8) is 0 Å². The lowest BCUT2D eigenvalue weighted by atomic mass is 9.98. The van der Waals surface area contributed by atoms with E-state index in [0.29, 0.717) is 24.7 Å². The minimum absolute atomic E-state index is 0.0365. The molecule has 2 fully saturated rings. The Balaban J connectivity index is 1.02. The van der Waals surface area contributed by atoms with Gasteiger partial charge in [0.15, 0.2) is 6.04 Å². The van der Waals surface area contributed by atoms with Crippen molar-refractivity contribution in [3.8, 4) is 46.0 Å². The summed E-state index contributed by atoms with van der Waals surface area (Å²) in [6.07, 6.45) is 12.6. The zero-order valence-electron chi connectivity index (χ0n) is 32.7. The number of H-pyrrole nitrogens is 2. The molecule has 3 unspecified atom stereocenters. The number of methoxy groups -OCH3 is 2. The van der Waals surface area contributed by atoms with Crippen molar-refractivity contribution >= 4 is 34.8 Å². The normalized spacial score (nSPS) is 16.4. The number of carbonyl (C=O) groups is 4. The maximum Gasteiger partial charge on any atom is 0.408 e. The number of benzene rings is 3. The van der Waals surface area contributed by atoms with Gasteiger partial charge in [-0.25, -0.2) is 19.6 Å². The third kappa shape index (κ3) is 8.58. The van der Waals surface area contributed by atoms with Crippen LogP contribution < -0.4 is 10.6 Å². The summed E-state index contributed by atoms with van der Waals surface area (Å²) in [6.45, 7) is 7.19. The molecule has 4 amide bonds. The van der Waals surface area contributed by atoms with Crippen LogP contribution in [0.5, 0.6) is 0 Å². The quantitative estimate of drug-likeness (QED) is 0.0790. The first kappa shape index (κ1) is 39.4. The molecule has 14 nitrogen and oxygen atoms in total. The van der Waals surface area contributed by atoms with Crippen LogP contribution in [-0.2, 0) is 25.6 Å². The molecule has 1 aliphatic heterocycles. The number of likely N-dealkylation sites (tertiary alicyclic amines) is 1. The number of carbonyl (C=O) groups excluding carboxylic acids is 4. The first-order valence-electron chi connectivity index (χ1n) is 19.1. The van der Waals surface area contributed by atoms with Gasteiger partial charge in [-0.15, -0.1) is 13.0 Å². The zero-order chi connectivity index (χ0) is 41.0. The summed E-state index contributed by atoms with van der Waals surface area (Å²) in [7, 11) is 2.47. The fourth-order valence-electron chi connectivity index (χ4n) is 7.34. The summed E-state index contributed by atoms with van der Waals surface area (Å²) < 4.78 is 9.32. The molecule has 298 valence electrons. The smallest absolute Gasteiger partial charge is 0.408 e.